The molecule has 1 aromatic carbocycles. The maximum Gasteiger partial charge on any atom is 0.145 e. The summed E-state index contributed by atoms with van der Waals surface area (Å²) in [6, 6.07) is 5.97. The Hall–Kier alpha value is -1.46. The normalized spacial score (nSPS) is 16.5. The summed E-state index contributed by atoms with van der Waals surface area (Å²) in [4.78, 5) is 4.75. The number of methoxy groups -OCH3 is 2. The molecule has 5 heteroatoms. The van der Waals surface area contributed by atoms with Gasteiger partial charge in [0.2, 0.25) is 0 Å². The molecular weight excluding hydrogens is 242 g/mol. The van der Waals surface area contributed by atoms with Gasteiger partial charge in [-0.25, -0.2) is 0 Å². The minimum absolute atomic E-state index is 0.728. The highest BCUT2D eigenvalue weighted by atomic mass is 16.5. The van der Waals surface area contributed by atoms with Crippen LogP contribution in [0, 0.1) is 0 Å². The number of rotatable bonds is 5. The number of piperazine rings is 1. The second-order valence-corrected chi connectivity index (χ2v) is 4.66. The number of nitrogens with zero attached hydrogens (tertiary/aromatic N) is 2. The van der Waals surface area contributed by atoms with E-state index in [1.165, 1.54) is 0 Å². The Labute approximate surface area is 114 Å². The topological polar surface area (TPSA) is 51.0 Å². The van der Waals surface area contributed by atoms with Crippen LogP contribution in [0.3, 0.4) is 0 Å². The van der Waals surface area contributed by atoms with Crippen molar-refractivity contribution in [2.75, 3.05) is 58.4 Å². The molecule has 1 aliphatic heterocycles. The molecule has 0 bridgehead atoms. The minimum Gasteiger partial charge on any atom is -0.497 e. The van der Waals surface area contributed by atoms with Gasteiger partial charge in [-0.3, -0.25) is 4.90 Å². The highest BCUT2D eigenvalue weighted by molar-refractivity contribution is 5.61. The summed E-state index contributed by atoms with van der Waals surface area (Å²) in [6.45, 7) is 5.81. The first-order valence-electron chi connectivity index (χ1n) is 6.68. The van der Waals surface area contributed by atoms with E-state index in [-0.39, 0.29) is 0 Å². The number of hydrogen-bond donors (Lipinski definition) is 1. The molecule has 0 atom stereocenters. The number of hydrogen-bond acceptors (Lipinski definition) is 5. The van der Waals surface area contributed by atoms with Crippen LogP contribution in [0.25, 0.3) is 0 Å². The molecule has 1 fully saturated rings. The van der Waals surface area contributed by atoms with Gasteiger partial charge in [0.05, 0.1) is 19.9 Å². The Kier molecular flexibility index (Phi) is 4.87. The van der Waals surface area contributed by atoms with Gasteiger partial charge in [-0.05, 0) is 12.1 Å². The molecule has 19 heavy (non-hydrogen) atoms. The van der Waals surface area contributed by atoms with Gasteiger partial charge in [0, 0.05) is 45.3 Å². The van der Waals surface area contributed by atoms with Crippen LogP contribution in [0.4, 0.5) is 5.69 Å². The van der Waals surface area contributed by atoms with E-state index >= 15 is 0 Å². The van der Waals surface area contributed by atoms with Crippen LogP contribution in [0.15, 0.2) is 18.2 Å². The van der Waals surface area contributed by atoms with Crippen molar-refractivity contribution >= 4 is 5.69 Å². The predicted octanol–water partition coefficient (Wildman–Crippen LogP) is 0.785. The maximum absolute atomic E-state index is 5.59. The molecule has 0 aromatic heterocycles. The summed E-state index contributed by atoms with van der Waals surface area (Å²) < 4.78 is 10.7. The Morgan fingerprint density at radius 1 is 1.11 bits per heavy atom. The van der Waals surface area contributed by atoms with Crippen LogP contribution < -0.4 is 20.1 Å². The van der Waals surface area contributed by atoms with Crippen molar-refractivity contribution in [3.8, 4) is 11.5 Å². The van der Waals surface area contributed by atoms with Crippen molar-refractivity contribution in [3.05, 3.63) is 18.2 Å². The highest BCUT2D eigenvalue weighted by Gasteiger charge is 2.19. The number of nitrogens with two attached hydrogens (primary N) is 1. The summed E-state index contributed by atoms with van der Waals surface area (Å²) in [5, 5.41) is 0. The predicted molar refractivity (Wildman–Crippen MR) is 77.3 cm³/mol. The first-order valence-corrected chi connectivity index (χ1v) is 6.68. The van der Waals surface area contributed by atoms with Crippen molar-refractivity contribution in [1.82, 2.24) is 4.90 Å². The average Bonchev–Trinajstić information content (AvgIpc) is 2.48. The smallest absolute Gasteiger partial charge is 0.145 e. The monoisotopic (exact) mass is 265 g/mol. The Morgan fingerprint density at radius 2 is 1.84 bits per heavy atom. The lowest BCUT2D eigenvalue weighted by molar-refractivity contribution is 0.264. The fourth-order valence-electron chi connectivity index (χ4n) is 2.44. The number of ether oxygens (including phenoxy) is 2. The summed E-state index contributed by atoms with van der Waals surface area (Å²) in [5.41, 5.74) is 6.73. The van der Waals surface area contributed by atoms with Crippen molar-refractivity contribution in [3.63, 3.8) is 0 Å². The Balaban J connectivity index is 2.06. The maximum atomic E-state index is 5.59. The number of benzene rings is 1. The molecule has 1 aliphatic rings. The lowest BCUT2D eigenvalue weighted by Crippen LogP contribution is -2.47. The van der Waals surface area contributed by atoms with E-state index in [9.17, 15) is 0 Å². The summed E-state index contributed by atoms with van der Waals surface area (Å²) in [7, 11) is 3.36. The summed E-state index contributed by atoms with van der Waals surface area (Å²) >= 11 is 0. The molecule has 0 spiro atoms. The van der Waals surface area contributed by atoms with E-state index in [2.05, 4.69) is 15.9 Å². The van der Waals surface area contributed by atoms with E-state index in [1.807, 2.05) is 12.1 Å². The highest BCUT2D eigenvalue weighted by Crippen LogP contribution is 2.32. The van der Waals surface area contributed by atoms with E-state index in [1.54, 1.807) is 14.2 Å². The van der Waals surface area contributed by atoms with Gasteiger partial charge in [0.15, 0.2) is 0 Å². The second-order valence-electron chi connectivity index (χ2n) is 4.66. The SMILES string of the molecule is COc1ccc(N2CCN(CCN)CC2)c(OC)c1. The summed E-state index contributed by atoms with van der Waals surface area (Å²) in [6.07, 6.45) is 0. The second kappa shape index (κ2) is 6.63. The molecule has 0 radical (unpaired) electrons. The van der Waals surface area contributed by atoms with Gasteiger partial charge in [-0.2, -0.15) is 0 Å². The Morgan fingerprint density at radius 3 is 2.42 bits per heavy atom. The van der Waals surface area contributed by atoms with Crippen LogP contribution in [0.1, 0.15) is 0 Å². The fourth-order valence-corrected chi connectivity index (χ4v) is 2.44. The molecule has 106 valence electrons. The third-order valence-electron chi connectivity index (χ3n) is 3.55. The van der Waals surface area contributed by atoms with Crippen LogP contribution in [0.5, 0.6) is 11.5 Å². The molecule has 0 aliphatic carbocycles. The zero-order valence-corrected chi connectivity index (χ0v) is 11.8. The van der Waals surface area contributed by atoms with Crippen LogP contribution in [-0.2, 0) is 0 Å². The van der Waals surface area contributed by atoms with Gasteiger partial charge in [0.25, 0.3) is 0 Å². The molecule has 2 rings (SSSR count). The molecule has 1 aromatic rings. The fraction of sp³-hybridized carbons (Fsp3) is 0.571. The Bertz CT molecular complexity index is 404. The molecule has 0 amide bonds. The van der Waals surface area contributed by atoms with E-state index in [0.29, 0.717) is 0 Å². The van der Waals surface area contributed by atoms with Crippen LogP contribution in [-0.4, -0.2) is 58.4 Å². The van der Waals surface area contributed by atoms with E-state index in [4.69, 9.17) is 15.2 Å². The molecule has 5 nitrogen and oxygen atoms in total. The first kappa shape index (κ1) is 14.0. The third-order valence-corrected chi connectivity index (χ3v) is 3.55. The molecule has 0 saturated carbocycles. The van der Waals surface area contributed by atoms with Gasteiger partial charge in [-0.1, -0.05) is 0 Å². The van der Waals surface area contributed by atoms with Gasteiger partial charge >= 0.3 is 0 Å². The van der Waals surface area contributed by atoms with Crippen LogP contribution in [0.2, 0.25) is 0 Å². The largest absolute Gasteiger partial charge is 0.497 e. The molecule has 1 saturated heterocycles. The lowest BCUT2D eigenvalue weighted by Gasteiger charge is -2.36. The molecule has 1 heterocycles. The van der Waals surface area contributed by atoms with Gasteiger partial charge < -0.3 is 20.1 Å². The zero-order chi connectivity index (χ0) is 13.7. The quantitative estimate of drug-likeness (QED) is 0.853. The standard InChI is InChI=1S/C14H23N3O2/c1-18-12-3-4-13(14(11-12)19-2)17-9-7-16(6-5-15)8-10-17/h3-4,11H,5-10,15H2,1-2H3. The van der Waals surface area contributed by atoms with Crippen LogP contribution >= 0.6 is 0 Å². The zero-order valence-electron chi connectivity index (χ0n) is 11.8. The van der Waals surface area contributed by atoms with Crippen molar-refractivity contribution in [2.24, 2.45) is 5.73 Å². The van der Waals surface area contributed by atoms with Crippen molar-refractivity contribution in [2.45, 2.75) is 0 Å². The molecule has 0 unspecified atom stereocenters. The third kappa shape index (κ3) is 3.30. The van der Waals surface area contributed by atoms with Crippen molar-refractivity contribution < 1.29 is 9.47 Å². The molecular formula is C14H23N3O2. The van der Waals surface area contributed by atoms with E-state index in [0.717, 1.165) is 56.5 Å². The lowest BCUT2D eigenvalue weighted by atomic mass is 10.2. The number of anilines is 1. The average molecular weight is 265 g/mol. The van der Waals surface area contributed by atoms with Gasteiger partial charge in [0.1, 0.15) is 11.5 Å². The minimum atomic E-state index is 0.728. The summed E-state index contributed by atoms with van der Waals surface area (Å²) in [5.74, 6) is 1.69. The van der Waals surface area contributed by atoms with E-state index < -0.39 is 0 Å². The molecule has 2 N–H and O–H groups in total. The van der Waals surface area contributed by atoms with Gasteiger partial charge in [-0.15, -0.1) is 0 Å². The van der Waals surface area contributed by atoms with Crippen molar-refractivity contribution in [1.29, 1.82) is 0 Å². The first-order chi connectivity index (χ1) is 9.28.